The van der Waals surface area contributed by atoms with Crippen molar-refractivity contribution < 1.29 is 9.18 Å². The smallest absolute Gasteiger partial charge is 0.278 e. The van der Waals surface area contributed by atoms with Gasteiger partial charge in [0.2, 0.25) is 5.91 Å². The number of carbonyl (C=O) groups excluding carboxylic acids is 1. The molecule has 7 nitrogen and oxygen atoms in total. The maximum atomic E-state index is 14.1. The van der Waals surface area contributed by atoms with Crippen LogP contribution in [-0.4, -0.2) is 25.5 Å². The number of hydrogen-bond acceptors (Lipinski definition) is 4. The van der Waals surface area contributed by atoms with Crippen LogP contribution in [0.2, 0.25) is 0 Å². The molecule has 1 fully saturated rings. The molecule has 1 aliphatic carbocycles. The molecule has 0 saturated heterocycles. The first kappa shape index (κ1) is 18.3. The Bertz CT molecular complexity index is 1130. The fourth-order valence-electron chi connectivity index (χ4n) is 3.47. The van der Waals surface area contributed by atoms with E-state index in [1.807, 2.05) is 0 Å². The minimum atomic E-state index is -0.520. The Hall–Kier alpha value is -3.03. The Labute approximate surface area is 161 Å². The highest BCUT2D eigenvalue weighted by Gasteiger charge is 2.30. The SMILES string of the molecule is Cc1ccc(C(C)NC(=O)Cn2ncc3c(c(C4CC4)nn3C)c2=O)c(F)c1. The Morgan fingerprint density at radius 1 is 1.39 bits per heavy atom. The van der Waals surface area contributed by atoms with Crippen LogP contribution in [0.5, 0.6) is 0 Å². The Balaban J connectivity index is 1.56. The van der Waals surface area contributed by atoms with Crippen molar-refractivity contribution in [3.05, 3.63) is 57.4 Å². The third-order valence-electron chi connectivity index (χ3n) is 5.14. The van der Waals surface area contributed by atoms with E-state index in [0.29, 0.717) is 22.4 Å². The fourth-order valence-corrected chi connectivity index (χ4v) is 3.47. The highest BCUT2D eigenvalue weighted by Crippen LogP contribution is 2.41. The molecule has 1 aliphatic rings. The van der Waals surface area contributed by atoms with Crippen molar-refractivity contribution >= 4 is 16.8 Å². The summed E-state index contributed by atoms with van der Waals surface area (Å²) in [6.07, 6.45) is 3.61. The van der Waals surface area contributed by atoms with Gasteiger partial charge in [-0.2, -0.15) is 10.2 Å². The topological polar surface area (TPSA) is 81.8 Å². The van der Waals surface area contributed by atoms with Crippen LogP contribution in [-0.2, 0) is 18.4 Å². The van der Waals surface area contributed by atoms with E-state index in [9.17, 15) is 14.0 Å². The average Bonchev–Trinajstić information content (AvgIpc) is 3.41. The molecule has 4 rings (SSSR count). The van der Waals surface area contributed by atoms with Crippen LogP contribution < -0.4 is 10.9 Å². The van der Waals surface area contributed by atoms with Gasteiger partial charge >= 0.3 is 0 Å². The number of benzene rings is 1. The van der Waals surface area contributed by atoms with E-state index >= 15 is 0 Å². The standard InChI is InChI=1S/C20H22FN5O2/c1-11-4-7-14(15(21)8-11)12(2)23-17(27)10-26-20(28)18-16(9-22-26)25(3)24-19(18)13-5-6-13/h4,7-9,12-13H,5-6,10H2,1-3H3,(H,23,27). The van der Waals surface area contributed by atoms with Gasteiger partial charge in [-0.25, -0.2) is 9.07 Å². The second kappa shape index (κ2) is 6.85. The molecule has 8 heteroatoms. The third-order valence-corrected chi connectivity index (χ3v) is 5.14. The van der Waals surface area contributed by atoms with Crippen molar-refractivity contribution in [3.63, 3.8) is 0 Å². The molecule has 1 amide bonds. The molecule has 2 aromatic heterocycles. The molecule has 1 unspecified atom stereocenters. The lowest BCUT2D eigenvalue weighted by Crippen LogP contribution is -2.35. The van der Waals surface area contributed by atoms with Gasteiger partial charge < -0.3 is 5.32 Å². The second-order valence-corrected chi connectivity index (χ2v) is 7.46. The summed E-state index contributed by atoms with van der Waals surface area (Å²) >= 11 is 0. The molecule has 0 bridgehead atoms. The van der Waals surface area contributed by atoms with Crippen LogP contribution in [0.3, 0.4) is 0 Å². The highest BCUT2D eigenvalue weighted by molar-refractivity contribution is 5.82. The first-order valence-electron chi connectivity index (χ1n) is 9.33. The van der Waals surface area contributed by atoms with Gasteiger partial charge in [-0.1, -0.05) is 12.1 Å². The summed E-state index contributed by atoms with van der Waals surface area (Å²) in [6.45, 7) is 3.28. The maximum absolute atomic E-state index is 14.1. The van der Waals surface area contributed by atoms with Gasteiger partial charge in [-0.3, -0.25) is 14.3 Å². The van der Waals surface area contributed by atoms with Crippen LogP contribution in [0.25, 0.3) is 10.9 Å². The van der Waals surface area contributed by atoms with Crippen molar-refractivity contribution in [1.29, 1.82) is 0 Å². The minimum Gasteiger partial charge on any atom is -0.348 e. The minimum absolute atomic E-state index is 0.231. The summed E-state index contributed by atoms with van der Waals surface area (Å²) < 4.78 is 16.9. The molecule has 2 heterocycles. The number of rotatable bonds is 5. The summed E-state index contributed by atoms with van der Waals surface area (Å²) in [5.41, 5.74) is 2.34. The normalized spacial score (nSPS) is 15.0. The first-order valence-corrected chi connectivity index (χ1v) is 9.33. The van der Waals surface area contributed by atoms with E-state index in [-0.39, 0.29) is 17.9 Å². The molecule has 0 radical (unpaired) electrons. The van der Waals surface area contributed by atoms with Crippen molar-refractivity contribution in [2.45, 2.75) is 45.2 Å². The van der Waals surface area contributed by atoms with E-state index in [1.54, 1.807) is 43.9 Å². The summed E-state index contributed by atoms with van der Waals surface area (Å²) in [5.74, 6) is -0.460. The molecule has 1 N–H and O–H groups in total. The van der Waals surface area contributed by atoms with E-state index < -0.39 is 11.9 Å². The number of nitrogens with one attached hydrogen (secondary N) is 1. The number of nitrogens with zero attached hydrogens (tertiary/aromatic N) is 4. The molecule has 0 spiro atoms. The largest absolute Gasteiger partial charge is 0.348 e. The van der Waals surface area contributed by atoms with Crippen molar-refractivity contribution in [3.8, 4) is 0 Å². The van der Waals surface area contributed by atoms with Gasteiger partial charge in [-0.05, 0) is 38.3 Å². The van der Waals surface area contributed by atoms with Gasteiger partial charge in [0.15, 0.2) is 0 Å². The molecule has 1 aromatic carbocycles. The van der Waals surface area contributed by atoms with E-state index in [0.717, 1.165) is 28.8 Å². The molecule has 28 heavy (non-hydrogen) atoms. The zero-order valence-electron chi connectivity index (χ0n) is 16.1. The number of fused-ring (bicyclic) bond motifs is 1. The summed E-state index contributed by atoms with van der Waals surface area (Å²) in [7, 11) is 1.78. The number of hydrogen-bond donors (Lipinski definition) is 1. The third kappa shape index (κ3) is 3.30. The second-order valence-electron chi connectivity index (χ2n) is 7.46. The number of aryl methyl sites for hydroxylation is 2. The summed E-state index contributed by atoms with van der Waals surface area (Å²) in [5, 5.41) is 11.8. The number of aromatic nitrogens is 4. The van der Waals surface area contributed by atoms with Crippen LogP contribution in [0.1, 0.15) is 48.5 Å². The van der Waals surface area contributed by atoms with Gasteiger partial charge in [0, 0.05) is 18.5 Å². The quantitative estimate of drug-likeness (QED) is 0.733. The Kier molecular flexibility index (Phi) is 4.49. The zero-order chi connectivity index (χ0) is 20.0. The molecule has 0 aliphatic heterocycles. The average molecular weight is 383 g/mol. The highest BCUT2D eigenvalue weighted by atomic mass is 19.1. The molecule has 3 aromatic rings. The number of carbonyl (C=O) groups is 1. The Morgan fingerprint density at radius 3 is 2.82 bits per heavy atom. The molecule has 1 atom stereocenters. The number of amides is 1. The van der Waals surface area contributed by atoms with Crippen LogP contribution >= 0.6 is 0 Å². The van der Waals surface area contributed by atoms with E-state index in [1.165, 1.54) is 6.07 Å². The number of halogens is 1. The van der Waals surface area contributed by atoms with Gasteiger partial charge in [0.25, 0.3) is 5.56 Å². The molecular weight excluding hydrogens is 361 g/mol. The zero-order valence-corrected chi connectivity index (χ0v) is 16.1. The summed E-state index contributed by atoms with van der Waals surface area (Å²) in [4.78, 5) is 25.3. The first-order chi connectivity index (χ1) is 13.3. The lowest BCUT2D eigenvalue weighted by molar-refractivity contribution is -0.122. The van der Waals surface area contributed by atoms with Crippen LogP contribution in [0, 0.1) is 12.7 Å². The maximum Gasteiger partial charge on any atom is 0.278 e. The lowest BCUT2D eigenvalue weighted by atomic mass is 10.1. The molecular formula is C20H22FN5O2. The Morgan fingerprint density at radius 2 is 2.14 bits per heavy atom. The van der Waals surface area contributed by atoms with Gasteiger partial charge in [0.1, 0.15) is 12.4 Å². The van der Waals surface area contributed by atoms with E-state index in [4.69, 9.17) is 0 Å². The van der Waals surface area contributed by atoms with E-state index in [2.05, 4.69) is 15.5 Å². The van der Waals surface area contributed by atoms with Crippen LogP contribution in [0.4, 0.5) is 4.39 Å². The van der Waals surface area contributed by atoms with Crippen molar-refractivity contribution in [2.24, 2.45) is 7.05 Å². The van der Waals surface area contributed by atoms with Gasteiger partial charge in [-0.15, -0.1) is 0 Å². The van der Waals surface area contributed by atoms with Crippen LogP contribution in [0.15, 0.2) is 29.2 Å². The lowest BCUT2D eigenvalue weighted by Gasteiger charge is -2.15. The van der Waals surface area contributed by atoms with Crippen molar-refractivity contribution in [2.75, 3.05) is 0 Å². The fraction of sp³-hybridized carbons (Fsp3) is 0.400. The summed E-state index contributed by atoms with van der Waals surface area (Å²) in [6, 6.07) is 4.36. The predicted molar refractivity (Wildman–Crippen MR) is 102 cm³/mol. The van der Waals surface area contributed by atoms with Crippen molar-refractivity contribution in [1.82, 2.24) is 24.9 Å². The predicted octanol–water partition coefficient (Wildman–Crippen LogP) is 2.33. The molecule has 146 valence electrons. The van der Waals surface area contributed by atoms with Gasteiger partial charge in [0.05, 0.1) is 28.8 Å². The molecule has 1 saturated carbocycles. The monoisotopic (exact) mass is 383 g/mol.